The fraction of sp³-hybridized carbons (Fsp3) is 0.200. The molecule has 0 aliphatic rings. The fourth-order valence-corrected chi connectivity index (χ4v) is 2.60. The monoisotopic (exact) mass is 311 g/mol. The Balaban J connectivity index is 2.25. The van der Waals surface area contributed by atoms with Crippen molar-refractivity contribution < 1.29 is 18.0 Å². The average molecular weight is 311 g/mol. The third-order valence-corrected chi connectivity index (χ3v) is 3.81. The number of carbonyl (C=O) groups is 1. The number of benzene rings is 1. The molecule has 0 bridgehead atoms. The highest BCUT2D eigenvalue weighted by atomic mass is 32.2. The summed E-state index contributed by atoms with van der Waals surface area (Å²) in [7, 11) is 0. The topological polar surface area (TPSA) is 30.0 Å². The second-order valence-electron chi connectivity index (χ2n) is 4.26. The van der Waals surface area contributed by atoms with Crippen LogP contribution in [0.25, 0.3) is 0 Å². The highest BCUT2D eigenvalue weighted by Crippen LogP contribution is 2.33. The number of rotatable bonds is 4. The van der Waals surface area contributed by atoms with Gasteiger partial charge in [-0.2, -0.15) is 13.2 Å². The van der Waals surface area contributed by atoms with Crippen LogP contribution < -0.4 is 0 Å². The van der Waals surface area contributed by atoms with Gasteiger partial charge in [-0.15, -0.1) is 0 Å². The van der Waals surface area contributed by atoms with Crippen molar-refractivity contribution in [1.29, 1.82) is 0 Å². The molecule has 0 radical (unpaired) electrons. The van der Waals surface area contributed by atoms with E-state index in [4.69, 9.17) is 0 Å². The Kier molecular flexibility index (Phi) is 4.67. The number of alkyl halides is 3. The molecular weight excluding hydrogens is 299 g/mol. The fourth-order valence-electron chi connectivity index (χ4n) is 1.70. The second-order valence-corrected chi connectivity index (χ2v) is 5.32. The minimum Gasteiger partial charge on any atom is -0.294 e. The second kappa shape index (κ2) is 6.30. The van der Waals surface area contributed by atoms with E-state index in [-0.39, 0.29) is 5.78 Å². The SMILES string of the molecule is CCC(=O)c1ccccc1Sc1ccc(C(F)(F)F)cn1. The molecule has 1 aromatic carbocycles. The van der Waals surface area contributed by atoms with Crippen molar-refractivity contribution in [3.05, 3.63) is 53.7 Å². The van der Waals surface area contributed by atoms with E-state index in [0.29, 0.717) is 21.9 Å². The van der Waals surface area contributed by atoms with Crippen LogP contribution in [0.3, 0.4) is 0 Å². The summed E-state index contributed by atoms with van der Waals surface area (Å²) in [5.41, 5.74) is -0.225. The highest BCUT2D eigenvalue weighted by molar-refractivity contribution is 7.99. The molecule has 0 N–H and O–H groups in total. The van der Waals surface area contributed by atoms with Gasteiger partial charge in [0.05, 0.1) is 5.56 Å². The number of hydrogen-bond acceptors (Lipinski definition) is 3. The van der Waals surface area contributed by atoms with Crippen LogP contribution in [0.5, 0.6) is 0 Å². The number of pyridine rings is 1. The maximum Gasteiger partial charge on any atom is 0.417 e. The van der Waals surface area contributed by atoms with Crippen molar-refractivity contribution >= 4 is 17.5 Å². The van der Waals surface area contributed by atoms with E-state index >= 15 is 0 Å². The molecule has 110 valence electrons. The lowest BCUT2D eigenvalue weighted by atomic mass is 10.1. The Bertz CT molecular complexity index is 638. The van der Waals surface area contributed by atoms with E-state index < -0.39 is 11.7 Å². The van der Waals surface area contributed by atoms with Crippen LogP contribution in [0.2, 0.25) is 0 Å². The number of Topliss-reactive ketones (excluding diaryl/α,β-unsaturated/α-hetero) is 1. The van der Waals surface area contributed by atoms with Gasteiger partial charge in [0, 0.05) is 23.1 Å². The van der Waals surface area contributed by atoms with Crippen molar-refractivity contribution in [2.45, 2.75) is 29.4 Å². The Morgan fingerprint density at radius 1 is 1.19 bits per heavy atom. The Labute approximate surface area is 124 Å². The molecule has 0 aliphatic carbocycles. The Morgan fingerprint density at radius 3 is 2.48 bits per heavy atom. The predicted molar refractivity (Wildman–Crippen MR) is 74.4 cm³/mol. The van der Waals surface area contributed by atoms with Crippen LogP contribution in [0, 0.1) is 0 Å². The lowest BCUT2D eigenvalue weighted by Crippen LogP contribution is -2.05. The van der Waals surface area contributed by atoms with Gasteiger partial charge < -0.3 is 0 Å². The maximum absolute atomic E-state index is 12.5. The Hall–Kier alpha value is -1.82. The van der Waals surface area contributed by atoms with Crippen LogP contribution in [-0.2, 0) is 6.18 Å². The minimum atomic E-state index is -4.40. The predicted octanol–water partition coefficient (Wildman–Crippen LogP) is 4.84. The number of ketones is 1. The van der Waals surface area contributed by atoms with Gasteiger partial charge in [0.15, 0.2) is 5.78 Å². The standard InChI is InChI=1S/C15H12F3NOS/c1-2-12(20)11-5-3-4-6-13(11)21-14-8-7-10(9-19-14)15(16,17)18/h3-9H,2H2,1H3. The van der Waals surface area contributed by atoms with Gasteiger partial charge in [-0.1, -0.05) is 36.9 Å². The van der Waals surface area contributed by atoms with Crippen molar-refractivity contribution in [3.63, 3.8) is 0 Å². The molecule has 2 aromatic rings. The maximum atomic E-state index is 12.5. The summed E-state index contributed by atoms with van der Waals surface area (Å²) < 4.78 is 37.4. The number of nitrogens with zero attached hydrogens (tertiary/aromatic N) is 1. The minimum absolute atomic E-state index is 0.00925. The van der Waals surface area contributed by atoms with Crippen LogP contribution >= 0.6 is 11.8 Å². The zero-order valence-corrected chi connectivity index (χ0v) is 12.0. The van der Waals surface area contributed by atoms with E-state index in [0.717, 1.165) is 12.3 Å². The van der Waals surface area contributed by atoms with Gasteiger partial charge in [-0.3, -0.25) is 4.79 Å². The van der Waals surface area contributed by atoms with E-state index in [2.05, 4.69) is 4.98 Å². The molecule has 2 rings (SSSR count). The largest absolute Gasteiger partial charge is 0.417 e. The average Bonchev–Trinajstić information content (AvgIpc) is 2.46. The summed E-state index contributed by atoms with van der Waals surface area (Å²) in [6.45, 7) is 1.76. The molecule has 0 fully saturated rings. The third kappa shape index (κ3) is 3.85. The van der Waals surface area contributed by atoms with Crippen LogP contribution in [0.1, 0.15) is 29.3 Å². The van der Waals surface area contributed by atoms with E-state index in [1.807, 2.05) is 0 Å². The first-order valence-corrected chi connectivity index (χ1v) is 7.06. The van der Waals surface area contributed by atoms with Crippen molar-refractivity contribution in [2.24, 2.45) is 0 Å². The van der Waals surface area contributed by atoms with E-state index in [1.54, 1.807) is 31.2 Å². The molecule has 0 aliphatic heterocycles. The van der Waals surface area contributed by atoms with Crippen molar-refractivity contribution in [3.8, 4) is 0 Å². The van der Waals surface area contributed by atoms with E-state index in [9.17, 15) is 18.0 Å². The summed E-state index contributed by atoms with van der Waals surface area (Å²) in [5, 5.41) is 0.416. The van der Waals surface area contributed by atoms with Crippen LogP contribution in [0.15, 0.2) is 52.5 Å². The molecule has 1 aromatic heterocycles. The quantitative estimate of drug-likeness (QED) is 0.756. The highest BCUT2D eigenvalue weighted by Gasteiger charge is 2.30. The van der Waals surface area contributed by atoms with Gasteiger partial charge in [0.2, 0.25) is 0 Å². The molecule has 0 amide bonds. The summed E-state index contributed by atoms with van der Waals surface area (Å²) in [5.74, 6) is -0.00925. The normalized spacial score (nSPS) is 11.4. The summed E-state index contributed by atoms with van der Waals surface area (Å²) in [6, 6.07) is 9.29. The molecule has 6 heteroatoms. The number of aromatic nitrogens is 1. The van der Waals surface area contributed by atoms with Crippen LogP contribution in [0.4, 0.5) is 13.2 Å². The van der Waals surface area contributed by atoms with E-state index in [1.165, 1.54) is 17.8 Å². The van der Waals surface area contributed by atoms with Crippen molar-refractivity contribution in [2.75, 3.05) is 0 Å². The molecular formula is C15H12F3NOS. The summed E-state index contributed by atoms with van der Waals surface area (Å²) >= 11 is 1.18. The molecule has 0 unspecified atom stereocenters. The summed E-state index contributed by atoms with van der Waals surface area (Å²) in [4.78, 5) is 16.3. The first-order chi connectivity index (χ1) is 9.91. The van der Waals surface area contributed by atoms with Gasteiger partial charge >= 0.3 is 6.18 Å². The molecule has 2 nitrogen and oxygen atoms in total. The number of carbonyl (C=O) groups excluding carboxylic acids is 1. The lowest BCUT2D eigenvalue weighted by Gasteiger charge is -2.08. The Morgan fingerprint density at radius 2 is 1.90 bits per heavy atom. The zero-order valence-electron chi connectivity index (χ0n) is 11.1. The number of halogens is 3. The first kappa shape index (κ1) is 15.6. The molecule has 0 atom stereocenters. The molecule has 21 heavy (non-hydrogen) atoms. The smallest absolute Gasteiger partial charge is 0.294 e. The van der Waals surface area contributed by atoms with Crippen LogP contribution in [-0.4, -0.2) is 10.8 Å². The van der Waals surface area contributed by atoms with Gasteiger partial charge in [0.25, 0.3) is 0 Å². The van der Waals surface area contributed by atoms with Gasteiger partial charge in [-0.05, 0) is 18.2 Å². The van der Waals surface area contributed by atoms with Crippen molar-refractivity contribution in [1.82, 2.24) is 4.98 Å². The molecule has 0 spiro atoms. The molecule has 0 saturated carbocycles. The molecule has 1 heterocycles. The van der Waals surface area contributed by atoms with Gasteiger partial charge in [-0.25, -0.2) is 4.98 Å². The first-order valence-electron chi connectivity index (χ1n) is 6.25. The molecule has 0 saturated heterocycles. The lowest BCUT2D eigenvalue weighted by molar-refractivity contribution is -0.137. The zero-order chi connectivity index (χ0) is 15.5. The number of hydrogen-bond donors (Lipinski definition) is 0. The van der Waals surface area contributed by atoms with Gasteiger partial charge in [0.1, 0.15) is 5.03 Å². The summed E-state index contributed by atoms with van der Waals surface area (Å²) in [6.07, 6.45) is -3.23. The third-order valence-electron chi connectivity index (χ3n) is 2.79.